The van der Waals surface area contributed by atoms with Crippen molar-refractivity contribution in [3.8, 4) is 11.4 Å². The number of H-pyrrole nitrogens is 2. The summed E-state index contributed by atoms with van der Waals surface area (Å²) in [6.45, 7) is 5.73. The number of nitrogens with two attached hydrogens (primary N) is 1. The van der Waals surface area contributed by atoms with Gasteiger partial charge in [0.1, 0.15) is 11.5 Å². The summed E-state index contributed by atoms with van der Waals surface area (Å²) in [6.07, 6.45) is 0. The molecule has 5 N–H and O–H groups in total. The Balaban J connectivity index is 1.43. The van der Waals surface area contributed by atoms with Crippen molar-refractivity contribution in [2.45, 2.75) is 20.8 Å². The minimum absolute atomic E-state index is 0.0810. The normalized spacial score (nSPS) is 11.7. The monoisotopic (exact) mass is 451 g/mol. The lowest BCUT2D eigenvalue weighted by atomic mass is 9.86. The molecule has 0 fully saturated rings. The molecule has 2 heterocycles. The zero-order chi connectivity index (χ0) is 24.0. The van der Waals surface area contributed by atoms with Gasteiger partial charge in [0.2, 0.25) is 0 Å². The molecule has 1 amide bonds. The van der Waals surface area contributed by atoms with Crippen molar-refractivity contribution in [1.82, 2.24) is 15.0 Å². The van der Waals surface area contributed by atoms with Crippen molar-refractivity contribution in [2.75, 3.05) is 11.1 Å². The lowest BCUT2D eigenvalue weighted by Gasteiger charge is -2.16. The SMILES string of the molecule is CC(C)(C)C(=O)c1ccc2[nH]c(-c3ccc4[nH]c(C(=O)Nc5ccc(N)cc5)cc4c3)nc2c1. The number of nitrogen functional groups attached to an aromatic ring is 1. The summed E-state index contributed by atoms with van der Waals surface area (Å²) >= 11 is 0. The first-order valence-corrected chi connectivity index (χ1v) is 11.0. The quantitative estimate of drug-likeness (QED) is 0.205. The molecule has 170 valence electrons. The second-order valence-corrected chi connectivity index (χ2v) is 9.46. The van der Waals surface area contributed by atoms with Crippen molar-refractivity contribution in [2.24, 2.45) is 5.41 Å². The highest BCUT2D eigenvalue weighted by atomic mass is 16.2. The van der Waals surface area contributed by atoms with Crippen LogP contribution in [0.2, 0.25) is 0 Å². The fourth-order valence-corrected chi connectivity index (χ4v) is 3.88. The number of aromatic nitrogens is 3. The molecular weight excluding hydrogens is 426 g/mol. The van der Waals surface area contributed by atoms with Crippen LogP contribution in [0.4, 0.5) is 11.4 Å². The van der Waals surface area contributed by atoms with E-state index in [0.717, 1.165) is 27.5 Å². The van der Waals surface area contributed by atoms with Crippen LogP contribution in [-0.4, -0.2) is 26.6 Å². The highest BCUT2D eigenvalue weighted by Crippen LogP contribution is 2.27. The van der Waals surface area contributed by atoms with Crippen molar-refractivity contribution < 1.29 is 9.59 Å². The Labute approximate surface area is 196 Å². The predicted molar refractivity (Wildman–Crippen MR) is 136 cm³/mol. The predicted octanol–water partition coefficient (Wildman–Crippen LogP) is 5.77. The Morgan fingerprint density at radius 2 is 1.62 bits per heavy atom. The van der Waals surface area contributed by atoms with Gasteiger partial charge in [-0.3, -0.25) is 9.59 Å². The first-order valence-electron chi connectivity index (χ1n) is 11.0. The summed E-state index contributed by atoms with van der Waals surface area (Å²) in [5.41, 5.74) is 11.0. The Kier molecular flexibility index (Phi) is 4.97. The average molecular weight is 452 g/mol. The van der Waals surface area contributed by atoms with Crippen LogP contribution in [0.1, 0.15) is 41.6 Å². The maximum Gasteiger partial charge on any atom is 0.272 e. The van der Waals surface area contributed by atoms with E-state index in [1.165, 1.54) is 0 Å². The number of carbonyl (C=O) groups excluding carboxylic acids is 2. The van der Waals surface area contributed by atoms with Gasteiger partial charge in [0.05, 0.1) is 11.0 Å². The van der Waals surface area contributed by atoms with E-state index in [1.807, 2.05) is 63.2 Å². The first-order chi connectivity index (χ1) is 16.2. The van der Waals surface area contributed by atoms with E-state index in [0.29, 0.717) is 28.5 Å². The number of nitrogens with one attached hydrogen (secondary N) is 3. The Bertz CT molecular complexity index is 1550. The van der Waals surface area contributed by atoms with Crippen LogP contribution in [0.3, 0.4) is 0 Å². The highest BCUT2D eigenvalue weighted by molar-refractivity contribution is 6.06. The van der Waals surface area contributed by atoms with Gasteiger partial charge in [-0.05, 0) is 66.7 Å². The molecular formula is C27H25N5O2. The fraction of sp³-hybridized carbons (Fsp3) is 0.148. The molecule has 0 unspecified atom stereocenters. The Morgan fingerprint density at radius 3 is 2.35 bits per heavy atom. The molecule has 2 aromatic heterocycles. The maximum absolute atomic E-state index is 12.7. The molecule has 34 heavy (non-hydrogen) atoms. The number of ketones is 1. The zero-order valence-electron chi connectivity index (χ0n) is 19.2. The van der Waals surface area contributed by atoms with E-state index in [2.05, 4.69) is 15.3 Å². The summed E-state index contributed by atoms with van der Waals surface area (Å²) in [6, 6.07) is 20.2. The molecule has 0 spiro atoms. The number of hydrogen-bond donors (Lipinski definition) is 4. The number of carbonyl (C=O) groups is 2. The molecule has 0 aliphatic carbocycles. The molecule has 0 saturated carbocycles. The summed E-state index contributed by atoms with van der Waals surface area (Å²) in [7, 11) is 0. The molecule has 3 aromatic carbocycles. The number of hydrogen-bond acceptors (Lipinski definition) is 4. The first kappa shape index (κ1) is 21.5. The smallest absolute Gasteiger partial charge is 0.272 e. The van der Waals surface area contributed by atoms with E-state index in [-0.39, 0.29) is 11.7 Å². The minimum atomic E-state index is -0.454. The van der Waals surface area contributed by atoms with Gasteiger partial charge in [-0.25, -0.2) is 4.98 Å². The van der Waals surface area contributed by atoms with Crippen LogP contribution in [0.5, 0.6) is 0 Å². The second-order valence-electron chi connectivity index (χ2n) is 9.46. The van der Waals surface area contributed by atoms with Crippen LogP contribution in [0.25, 0.3) is 33.3 Å². The summed E-state index contributed by atoms with van der Waals surface area (Å²) < 4.78 is 0. The van der Waals surface area contributed by atoms with Crippen molar-refractivity contribution in [1.29, 1.82) is 0 Å². The van der Waals surface area contributed by atoms with E-state index < -0.39 is 5.41 Å². The van der Waals surface area contributed by atoms with Gasteiger partial charge in [0.15, 0.2) is 5.78 Å². The van der Waals surface area contributed by atoms with Crippen LogP contribution in [0.15, 0.2) is 66.7 Å². The van der Waals surface area contributed by atoms with Crippen LogP contribution < -0.4 is 11.1 Å². The average Bonchev–Trinajstić information content (AvgIpc) is 3.42. The number of Topliss-reactive ketones (excluding diaryl/α,β-unsaturated/α-hetero) is 1. The van der Waals surface area contributed by atoms with Gasteiger partial charge < -0.3 is 21.0 Å². The van der Waals surface area contributed by atoms with Crippen LogP contribution >= 0.6 is 0 Å². The maximum atomic E-state index is 12.7. The van der Waals surface area contributed by atoms with Gasteiger partial charge in [-0.1, -0.05) is 20.8 Å². The van der Waals surface area contributed by atoms with Gasteiger partial charge in [-0.2, -0.15) is 0 Å². The van der Waals surface area contributed by atoms with Crippen molar-refractivity contribution in [3.63, 3.8) is 0 Å². The van der Waals surface area contributed by atoms with Crippen LogP contribution in [-0.2, 0) is 0 Å². The second kappa shape index (κ2) is 7.88. The largest absolute Gasteiger partial charge is 0.399 e. The topological polar surface area (TPSA) is 117 Å². The van der Waals surface area contributed by atoms with Crippen LogP contribution in [0, 0.1) is 5.41 Å². The molecule has 0 atom stereocenters. The summed E-state index contributed by atoms with van der Waals surface area (Å²) in [4.78, 5) is 36.5. The highest BCUT2D eigenvalue weighted by Gasteiger charge is 2.23. The van der Waals surface area contributed by atoms with Gasteiger partial charge >= 0.3 is 0 Å². The third-order valence-corrected chi connectivity index (χ3v) is 5.73. The number of amides is 1. The third kappa shape index (κ3) is 4.03. The Hall–Kier alpha value is -4.39. The molecule has 5 rings (SSSR count). The van der Waals surface area contributed by atoms with E-state index in [4.69, 9.17) is 10.7 Å². The fourth-order valence-electron chi connectivity index (χ4n) is 3.88. The summed E-state index contributed by atoms with van der Waals surface area (Å²) in [5.74, 6) is 0.547. The number of benzene rings is 3. The van der Waals surface area contributed by atoms with Gasteiger partial charge in [0.25, 0.3) is 5.91 Å². The number of imidazole rings is 1. The molecule has 0 radical (unpaired) electrons. The van der Waals surface area contributed by atoms with E-state index in [9.17, 15) is 9.59 Å². The van der Waals surface area contributed by atoms with Gasteiger partial charge in [-0.15, -0.1) is 0 Å². The van der Waals surface area contributed by atoms with E-state index >= 15 is 0 Å². The molecule has 0 aliphatic rings. The minimum Gasteiger partial charge on any atom is -0.399 e. The van der Waals surface area contributed by atoms with Crippen molar-refractivity contribution >= 4 is 45.0 Å². The number of rotatable bonds is 4. The molecule has 0 bridgehead atoms. The standard InChI is InChI=1S/C27H25N5O2/c1-27(2,3)24(33)15-4-11-21-22(13-15)32-25(31-21)16-5-10-20-17(12-16)14-23(30-20)26(34)29-19-8-6-18(28)7-9-19/h4-14,30H,28H2,1-3H3,(H,29,34)(H,31,32). The molecule has 7 nitrogen and oxygen atoms in total. The molecule has 0 saturated heterocycles. The number of nitrogens with zero attached hydrogens (tertiary/aromatic N) is 1. The van der Waals surface area contributed by atoms with Crippen molar-refractivity contribution in [3.05, 3.63) is 78.0 Å². The number of fused-ring (bicyclic) bond motifs is 2. The van der Waals surface area contributed by atoms with Gasteiger partial charge in [0, 0.05) is 38.8 Å². The number of anilines is 2. The zero-order valence-corrected chi connectivity index (χ0v) is 19.2. The Morgan fingerprint density at radius 1 is 0.882 bits per heavy atom. The molecule has 7 heteroatoms. The lowest BCUT2D eigenvalue weighted by molar-refractivity contribution is 0.0858. The lowest BCUT2D eigenvalue weighted by Crippen LogP contribution is -2.19. The molecule has 0 aliphatic heterocycles. The van der Waals surface area contributed by atoms with E-state index in [1.54, 1.807) is 24.3 Å². The third-order valence-electron chi connectivity index (χ3n) is 5.73. The number of aromatic amines is 2. The molecule has 5 aromatic rings. The summed E-state index contributed by atoms with van der Waals surface area (Å²) in [5, 5.41) is 3.76.